The molecule has 0 aromatic heterocycles. The lowest BCUT2D eigenvalue weighted by Gasteiger charge is -2.15. The summed E-state index contributed by atoms with van der Waals surface area (Å²) < 4.78 is 13.0. The summed E-state index contributed by atoms with van der Waals surface area (Å²) in [5.74, 6) is 0. The van der Waals surface area contributed by atoms with Gasteiger partial charge in [0.05, 0.1) is 6.04 Å². The Hall–Kier alpha value is -1.93. The molecular formula is C16H14FN. The molecule has 18 heavy (non-hydrogen) atoms. The quantitative estimate of drug-likeness (QED) is 0.673. The summed E-state index contributed by atoms with van der Waals surface area (Å²) in [4.78, 5) is 0. The minimum absolute atomic E-state index is 0.544. The fourth-order valence-corrected chi connectivity index (χ4v) is 2.53. The van der Waals surface area contributed by atoms with Gasteiger partial charge < -0.3 is 5.73 Å². The maximum atomic E-state index is 13.0. The summed E-state index contributed by atoms with van der Waals surface area (Å²) in [6, 6.07) is 17.5. The van der Waals surface area contributed by atoms with Gasteiger partial charge in [0.25, 0.3) is 0 Å². The van der Waals surface area contributed by atoms with Gasteiger partial charge in [-0.15, -0.1) is 0 Å². The number of alkyl halides is 1. The van der Waals surface area contributed by atoms with Crippen LogP contribution >= 0.6 is 0 Å². The van der Waals surface area contributed by atoms with Gasteiger partial charge in [0.15, 0.2) is 0 Å². The molecule has 0 heterocycles. The summed E-state index contributed by atoms with van der Waals surface area (Å²) >= 11 is 0. The van der Waals surface area contributed by atoms with Crippen molar-refractivity contribution < 1.29 is 4.39 Å². The van der Waals surface area contributed by atoms with Crippen molar-refractivity contribution in [1.82, 2.24) is 0 Å². The largest absolute Gasteiger partial charge is 0.322 e. The molecule has 0 saturated heterocycles. The first-order chi connectivity index (χ1) is 8.81. The van der Waals surface area contributed by atoms with Crippen LogP contribution in [-0.4, -0.2) is 6.67 Å². The van der Waals surface area contributed by atoms with Gasteiger partial charge in [0.2, 0.25) is 0 Å². The first-order valence-corrected chi connectivity index (χ1v) is 6.03. The molecule has 3 rings (SSSR count). The lowest BCUT2D eigenvalue weighted by molar-refractivity contribution is 0.440. The van der Waals surface area contributed by atoms with E-state index in [0.717, 1.165) is 27.1 Å². The Kier molecular flexibility index (Phi) is 2.73. The Morgan fingerprint density at radius 1 is 0.889 bits per heavy atom. The molecule has 0 spiro atoms. The zero-order valence-electron chi connectivity index (χ0n) is 9.94. The van der Waals surface area contributed by atoms with Gasteiger partial charge >= 0.3 is 0 Å². The van der Waals surface area contributed by atoms with E-state index in [-0.39, 0.29) is 0 Å². The highest BCUT2D eigenvalue weighted by atomic mass is 19.1. The first kappa shape index (κ1) is 11.2. The van der Waals surface area contributed by atoms with Crippen LogP contribution in [0.4, 0.5) is 4.39 Å². The number of fused-ring (bicyclic) bond motifs is 2. The van der Waals surface area contributed by atoms with E-state index in [1.54, 1.807) is 0 Å². The van der Waals surface area contributed by atoms with Gasteiger partial charge in [-0.2, -0.15) is 0 Å². The molecule has 0 bridgehead atoms. The molecule has 2 N–H and O–H groups in total. The SMILES string of the molecule is N[C@@H](CF)c1c2ccccc2cc2ccccc12. The monoisotopic (exact) mass is 239 g/mol. The Bertz CT molecular complexity index is 652. The molecule has 3 aromatic rings. The summed E-state index contributed by atoms with van der Waals surface area (Å²) in [6.07, 6.45) is 0. The fourth-order valence-electron chi connectivity index (χ4n) is 2.53. The minimum atomic E-state index is -0.569. The smallest absolute Gasteiger partial charge is 0.109 e. The van der Waals surface area contributed by atoms with E-state index in [4.69, 9.17) is 5.73 Å². The Morgan fingerprint density at radius 3 is 1.89 bits per heavy atom. The van der Waals surface area contributed by atoms with Crippen LogP contribution in [-0.2, 0) is 0 Å². The third kappa shape index (κ3) is 1.66. The number of hydrogen-bond donors (Lipinski definition) is 1. The lowest BCUT2D eigenvalue weighted by atomic mass is 9.93. The van der Waals surface area contributed by atoms with Crippen LogP contribution in [0.5, 0.6) is 0 Å². The number of hydrogen-bond acceptors (Lipinski definition) is 1. The van der Waals surface area contributed by atoms with Crippen molar-refractivity contribution in [3.8, 4) is 0 Å². The number of benzene rings is 3. The molecular weight excluding hydrogens is 225 g/mol. The van der Waals surface area contributed by atoms with Gasteiger partial charge in [-0.25, -0.2) is 4.39 Å². The Morgan fingerprint density at radius 2 is 1.39 bits per heavy atom. The number of halogens is 1. The molecule has 0 saturated carbocycles. The van der Waals surface area contributed by atoms with Crippen molar-refractivity contribution >= 4 is 21.5 Å². The molecule has 0 amide bonds. The van der Waals surface area contributed by atoms with Crippen molar-refractivity contribution in [2.24, 2.45) is 5.73 Å². The zero-order valence-corrected chi connectivity index (χ0v) is 9.94. The predicted octanol–water partition coefficient (Wildman–Crippen LogP) is 3.96. The van der Waals surface area contributed by atoms with E-state index >= 15 is 0 Å². The maximum absolute atomic E-state index is 13.0. The van der Waals surface area contributed by atoms with Gasteiger partial charge in [-0.05, 0) is 33.2 Å². The molecule has 0 unspecified atom stereocenters. The van der Waals surface area contributed by atoms with Crippen LogP contribution in [0, 0.1) is 0 Å². The topological polar surface area (TPSA) is 26.0 Å². The normalized spacial score (nSPS) is 13.0. The van der Waals surface area contributed by atoms with Crippen molar-refractivity contribution in [2.45, 2.75) is 6.04 Å². The van der Waals surface area contributed by atoms with Crippen LogP contribution in [0.3, 0.4) is 0 Å². The number of nitrogens with two attached hydrogens (primary N) is 1. The average Bonchev–Trinajstić information content (AvgIpc) is 2.44. The fraction of sp³-hybridized carbons (Fsp3) is 0.125. The van der Waals surface area contributed by atoms with E-state index in [9.17, 15) is 4.39 Å². The standard InChI is InChI=1S/C16H14FN/c17-10-15(18)16-13-7-3-1-5-11(13)9-12-6-2-4-8-14(12)16/h1-9,15H,10,18H2/t15-/m0/s1. The van der Waals surface area contributed by atoms with Crippen molar-refractivity contribution in [1.29, 1.82) is 0 Å². The molecule has 90 valence electrons. The molecule has 0 radical (unpaired) electrons. The van der Waals surface area contributed by atoms with E-state index in [1.807, 2.05) is 48.5 Å². The van der Waals surface area contributed by atoms with E-state index < -0.39 is 12.7 Å². The van der Waals surface area contributed by atoms with Crippen LogP contribution in [0.1, 0.15) is 11.6 Å². The second kappa shape index (κ2) is 4.39. The second-order valence-electron chi connectivity index (χ2n) is 4.49. The second-order valence-corrected chi connectivity index (χ2v) is 4.49. The highest BCUT2D eigenvalue weighted by Gasteiger charge is 2.13. The van der Waals surface area contributed by atoms with Gasteiger partial charge in [0, 0.05) is 0 Å². The Balaban J connectivity index is 2.49. The summed E-state index contributed by atoms with van der Waals surface area (Å²) in [6.45, 7) is -0.544. The van der Waals surface area contributed by atoms with Crippen LogP contribution < -0.4 is 5.73 Å². The molecule has 2 heteroatoms. The van der Waals surface area contributed by atoms with Gasteiger partial charge in [0.1, 0.15) is 6.67 Å². The van der Waals surface area contributed by atoms with Crippen molar-refractivity contribution in [2.75, 3.05) is 6.67 Å². The lowest BCUT2D eigenvalue weighted by Crippen LogP contribution is -2.13. The average molecular weight is 239 g/mol. The van der Waals surface area contributed by atoms with Gasteiger partial charge in [-0.3, -0.25) is 0 Å². The number of rotatable bonds is 2. The Labute approximate surface area is 105 Å². The van der Waals surface area contributed by atoms with Crippen LogP contribution in [0.25, 0.3) is 21.5 Å². The highest BCUT2D eigenvalue weighted by Crippen LogP contribution is 2.31. The van der Waals surface area contributed by atoms with E-state index in [0.29, 0.717) is 0 Å². The maximum Gasteiger partial charge on any atom is 0.109 e. The zero-order chi connectivity index (χ0) is 12.5. The molecule has 3 aromatic carbocycles. The van der Waals surface area contributed by atoms with Crippen molar-refractivity contribution in [3.05, 3.63) is 60.2 Å². The molecule has 0 fully saturated rings. The van der Waals surface area contributed by atoms with E-state index in [2.05, 4.69) is 6.07 Å². The molecule has 0 aliphatic rings. The third-order valence-corrected chi connectivity index (χ3v) is 3.35. The van der Waals surface area contributed by atoms with Crippen LogP contribution in [0.15, 0.2) is 54.6 Å². The summed E-state index contributed by atoms with van der Waals surface area (Å²) in [7, 11) is 0. The van der Waals surface area contributed by atoms with Gasteiger partial charge in [-0.1, -0.05) is 48.5 Å². The first-order valence-electron chi connectivity index (χ1n) is 6.03. The summed E-state index contributed by atoms with van der Waals surface area (Å²) in [5.41, 5.74) is 6.86. The van der Waals surface area contributed by atoms with E-state index in [1.165, 1.54) is 0 Å². The molecule has 1 atom stereocenters. The molecule has 0 aliphatic carbocycles. The van der Waals surface area contributed by atoms with Crippen LogP contribution in [0.2, 0.25) is 0 Å². The highest BCUT2D eigenvalue weighted by molar-refractivity contribution is 6.02. The third-order valence-electron chi connectivity index (χ3n) is 3.35. The summed E-state index contributed by atoms with van der Waals surface area (Å²) in [5, 5.41) is 4.30. The minimum Gasteiger partial charge on any atom is -0.322 e. The van der Waals surface area contributed by atoms with Crippen molar-refractivity contribution in [3.63, 3.8) is 0 Å². The molecule has 1 nitrogen and oxygen atoms in total. The predicted molar refractivity (Wildman–Crippen MR) is 74.4 cm³/mol. The molecule has 0 aliphatic heterocycles.